The standard InChI is InChI=1S/C12H10BrN3O2/c13-8-3-1-7(2-4-8)11-15-12(18-16-11)9-5-6-10(17)14-9/h1-4,9H,5-6H2,(H,14,17). The van der Waals surface area contributed by atoms with Crippen molar-refractivity contribution in [2.75, 3.05) is 0 Å². The Kier molecular flexibility index (Phi) is 2.87. The van der Waals surface area contributed by atoms with Gasteiger partial charge in [0.2, 0.25) is 17.6 Å². The van der Waals surface area contributed by atoms with Crippen molar-refractivity contribution in [3.63, 3.8) is 0 Å². The van der Waals surface area contributed by atoms with Gasteiger partial charge < -0.3 is 9.84 Å². The highest BCUT2D eigenvalue weighted by molar-refractivity contribution is 9.10. The second-order valence-corrected chi connectivity index (χ2v) is 5.04. The number of benzene rings is 1. The van der Waals surface area contributed by atoms with Crippen LogP contribution in [0.15, 0.2) is 33.3 Å². The number of carbonyl (C=O) groups is 1. The summed E-state index contributed by atoms with van der Waals surface area (Å²) in [6, 6.07) is 7.51. The molecule has 1 aliphatic heterocycles. The highest BCUT2D eigenvalue weighted by Gasteiger charge is 2.27. The molecular weight excluding hydrogens is 298 g/mol. The Morgan fingerprint density at radius 3 is 2.78 bits per heavy atom. The maximum Gasteiger partial charge on any atom is 0.249 e. The Labute approximate surface area is 112 Å². The maximum absolute atomic E-state index is 11.1. The van der Waals surface area contributed by atoms with Crippen LogP contribution in [0.25, 0.3) is 11.4 Å². The Morgan fingerprint density at radius 1 is 1.33 bits per heavy atom. The topological polar surface area (TPSA) is 68.0 Å². The van der Waals surface area contributed by atoms with E-state index in [1.807, 2.05) is 24.3 Å². The quantitative estimate of drug-likeness (QED) is 0.925. The van der Waals surface area contributed by atoms with Crippen molar-refractivity contribution in [3.8, 4) is 11.4 Å². The van der Waals surface area contributed by atoms with E-state index in [-0.39, 0.29) is 11.9 Å². The third-order valence-corrected chi connectivity index (χ3v) is 3.37. The zero-order chi connectivity index (χ0) is 12.5. The average molecular weight is 308 g/mol. The van der Waals surface area contributed by atoms with Crippen molar-refractivity contribution in [2.45, 2.75) is 18.9 Å². The van der Waals surface area contributed by atoms with Crippen molar-refractivity contribution in [2.24, 2.45) is 0 Å². The first-order chi connectivity index (χ1) is 8.72. The fraction of sp³-hybridized carbons (Fsp3) is 0.250. The van der Waals surface area contributed by atoms with Crippen LogP contribution >= 0.6 is 15.9 Å². The molecule has 0 bridgehead atoms. The smallest absolute Gasteiger partial charge is 0.249 e. The number of hydrogen-bond donors (Lipinski definition) is 1. The lowest BCUT2D eigenvalue weighted by Gasteiger charge is -2.01. The lowest BCUT2D eigenvalue weighted by Crippen LogP contribution is -2.18. The Balaban J connectivity index is 1.85. The molecule has 1 fully saturated rings. The molecule has 18 heavy (non-hydrogen) atoms. The zero-order valence-corrected chi connectivity index (χ0v) is 11.0. The number of rotatable bonds is 2. The summed E-state index contributed by atoms with van der Waals surface area (Å²) in [5.41, 5.74) is 0.887. The van der Waals surface area contributed by atoms with Crippen LogP contribution in [0.5, 0.6) is 0 Å². The van der Waals surface area contributed by atoms with Gasteiger partial charge in [-0.3, -0.25) is 4.79 Å². The number of amides is 1. The molecule has 0 saturated carbocycles. The minimum Gasteiger partial charge on any atom is -0.344 e. The number of carbonyl (C=O) groups excluding carboxylic acids is 1. The molecule has 1 aromatic heterocycles. The van der Waals surface area contributed by atoms with Crippen LogP contribution in [-0.2, 0) is 4.79 Å². The summed E-state index contributed by atoms with van der Waals surface area (Å²) in [6.07, 6.45) is 1.22. The van der Waals surface area contributed by atoms with Crippen molar-refractivity contribution in [1.29, 1.82) is 0 Å². The van der Waals surface area contributed by atoms with Gasteiger partial charge in [-0.1, -0.05) is 21.1 Å². The first kappa shape index (κ1) is 11.4. The van der Waals surface area contributed by atoms with Gasteiger partial charge in [-0.05, 0) is 30.7 Å². The van der Waals surface area contributed by atoms with Crippen LogP contribution < -0.4 is 5.32 Å². The average Bonchev–Trinajstić information content (AvgIpc) is 2.98. The highest BCUT2D eigenvalue weighted by atomic mass is 79.9. The third kappa shape index (κ3) is 2.15. The van der Waals surface area contributed by atoms with E-state index in [0.717, 1.165) is 10.0 Å². The van der Waals surface area contributed by atoms with Crippen LogP contribution in [0.3, 0.4) is 0 Å². The molecule has 1 aliphatic rings. The summed E-state index contributed by atoms with van der Waals surface area (Å²) < 4.78 is 6.19. The summed E-state index contributed by atoms with van der Waals surface area (Å²) in [6.45, 7) is 0. The van der Waals surface area contributed by atoms with Crippen LogP contribution in [0.4, 0.5) is 0 Å². The van der Waals surface area contributed by atoms with Crippen LogP contribution in [0.1, 0.15) is 24.8 Å². The molecule has 0 spiro atoms. The van der Waals surface area contributed by atoms with Crippen molar-refractivity contribution in [3.05, 3.63) is 34.6 Å². The van der Waals surface area contributed by atoms with E-state index in [4.69, 9.17) is 4.52 Å². The van der Waals surface area contributed by atoms with Crippen molar-refractivity contribution in [1.82, 2.24) is 15.5 Å². The first-order valence-corrected chi connectivity index (χ1v) is 6.40. The molecule has 2 aromatic rings. The summed E-state index contributed by atoms with van der Waals surface area (Å²) in [5.74, 6) is 1.04. The highest BCUT2D eigenvalue weighted by Crippen LogP contribution is 2.25. The third-order valence-electron chi connectivity index (χ3n) is 2.84. The van der Waals surface area contributed by atoms with Gasteiger partial charge in [0.1, 0.15) is 6.04 Å². The fourth-order valence-electron chi connectivity index (χ4n) is 1.89. The van der Waals surface area contributed by atoms with Crippen LogP contribution in [0, 0.1) is 0 Å². The van der Waals surface area contributed by atoms with Crippen LogP contribution in [-0.4, -0.2) is 16.0 Å². The molecule has 0 radical (unpaired) electrons. The van der Waals surface area contributed by atoms with E-state index >= 15 is 0 Å². The van der Waals surface area contributed by atoms with Gasteiger partial charge in [0.25, 0.3) is 0 Å². The minimum absolute atomic E-state index is 0.0309. The molecule has 0 aliphatic carbocycles. The van der Waals surface area contributed by atoms with E-state index in [1.54, 1.807) is 0 Å². The van der Waals surface area contributed by atoms with E-state index in [9.17, 15) is 4.79 Å². The molecular formula is C12H10BrN3O2. The molecule has 1 amide bonds. The van der Waals surface area contributed by atoms with Gasteiger partial charge in [0.15, 0.2) is 0 Å². The van der Waals surface area contributed by atoms with Gasteiger partial charge in [-0.25, -0.2) is 0 Å². The molecule has 6 heteroatoms. The molecule has 5 nitrogen and oxygen atoms in total. The number of aromatic nitrogens is 2. The monoisotopic (exact) mass is 307 g/mol. The van der Waals surface area contributed by atoms with E-state index in [0.29, 0.717) is 24.6 Å². The molecule has 1 saturated heterocycles. The number of halogens is 1. The van der Waals surface area contributed by atoms with Gasteiger partial charge in [0.05, 0.1) is 0 Å². The molecule has 1 N–H and O–H groups in total. The Hall–Kier alpha value is -1.69. The summed E-state index contributed by atoms with van der Waals surface area (Å²) >= 11 is 3.37. The van der Waals surface area contributed by atoms with E-state index in [2.05, 4.69) is 31.4 Å². The number of hydrogen-bond acceptors (Lipinski definition) is 4. The van der Waals surface area contributed by atoms with E-state index < -0.39 is 0 Å². The fourth-order valence-corrected chi connectivity index (χ4v) is 2.16. The SMILES string of the molecule is O=C1CCC(c2nc(-c3ccc(Br)cc3)no2)N1. The largest absolute Gasteiger partial charge is 0.344 e. The molecule has 1 atom stereocenters. The van der Waals surface area contributed by atoms with Gasteiger partial charge in [-0.15, -0.1) is 0 Å². The minimum atomic E-state index is -0.144. The normalized spacial score (nSPS) is 18.9. The second-order valence-electron chi connectivity index (χ2n) is 4.12. The Bertz CT molecular complexity index is 579. The second kappa shape index (κ2) is 4.53. The predicted octanol–water partition coefficient (Wildman–Crippen LogP) is 2.45. The van der Waals surface area contributed by atoms with Crippen LogP contribution in [0.2, 0.25) is 0 Å². The molecule has 3 rings (SSSR count). The molecule has 2 heterocycles. The molecule has 92 valence electrons. The van der Waals surface area contributed by atoms with Crippen molar-refractivity contribution < 1.29 is 9.32 Å². The number of nitrogens with one attached hydrogen (secondary N) is 1. The van der Waals surface area contributed by atoms with Gasteiger partial charge >= 0.3 is 0 Å². The van der Waals surface area contributed by atoms with Gasteiger partial charge in [0, 0.05) is 16.5 Å². The Morgan fingerprint density at radius 2 is 2.11 bits per heavy atom. The number of nitrogens with zero attached hydrogens (tertiary/aromatic N) is 2. The lowest BCUT2D eigenvalue weighted by molar-refractivity contribution is -0.119. The summed E-state index contributed by atoms with van der Waals surface area (Å²) in [4.78, 5) is 15.5. The summed E-state index contributed by atoms with van der Waals surface area (Å²) in [7, 11) is 0. The lowest BCUT2D eigenvalue weighted by atomic mass is 10.2. The first-order valence-electron chi connectivity index (χ1n) is 5.61. The zero-order valence-electron chi connectivity index (χ0n) is 9.39. The molecule has 1 unspecified atom stereocenters. The molecule has 1 aromatic carbocycles. The summed E-state index contributed by atoms with van der Waals surface area (Å²) in [5, 5.41) is 6.73. The predicted molar refractivity (Wildman–Crippen MR) is 67.6 cm³/mol. The van der Waals surface area contributed by atoms with Crippen molar-refractivity contribution >= 4 is 21.8 Å². The van der Waals surface area contributed by atoms with Gasteiger partial charge in [-0.2, -0.15) is 4.98 Å². The maximum atomic E-state index is 11.1. The van der Waals surface area contributed by atoms with E-state index in [1.165, 1.54) is 0 Å².